The number of anilines is 1. The number of benzene rings is 1. The van der Waals surface area contributed by atoms with Gasteiger partial charge >= 0.3 is 6.18 Å². The van der Waals surface area contributed by atoms with Crippen molar-refractivity contribution in [2.24, 2.45) is 10.7 Å². The molecule has 116 valence electrons. The summed E-state index contributed by atoms with van der Waals surface area (Å²) < 4.78 is 38.0. The minimum atomic E-state index is -4.57. The van der Waals surface area contributed by atoms with Crippen molar-refractivity contribution in [3.8, 4) is 0 Å². The molecule has 9 heteroatoms. The number of aromatic nitrogens is 2. The maximum absolute atomic E-state index is 12.7. The number of rotatable bonds is 2. The lowest BCUT2D eigenvalue weighted by Crippen LogP contribution is -2.22. The van der Waals surface area contributed by atoms with Crippen LogP contribution in [0.25, 0.3) is 0 Å². The van der Waals surface area contributed by atoms with Crippen LogP contribution in [0.3, 0.4) is 0 Å². The van der Waals surface area contributed by atoms with E-state index in [1.807, 2.05) is 0 Å². The third kappa shape index (κ3) is 4.32. The summed E-state index contributed by atoms with van der Waals surface area (Å²) in [7, 11) is 0. The topological polar surface area (TPSA) is 76.2 Å². The van der Waals surface area contributed by atoms with Crippen LogP contribution in [0.5, 0.6) is 0 Å². The van der Waals surface area contributed by atoms with Crippen LogP contribution >= 0.6 is 11.6 Å². The molecule has 0 spiro atoms. The van der Waals surface area contributed by atoms with Gasteiger partial charge in [-0.1, -0.05) is 11.6 Å². The first-order valence-corrected chi connectivity index (χ1v) is 6.41. The summed E-state index contributed by atoms with van der Waals surface area (Å²) in [6.07, 6.45) is -4.57. The predicted molar refractivity (Wildman–Crippen MR) is 78.1 cm³/mol. The van der Waals surface area contributed by atoms with E-state index in [0.29, 0.717) is 10.7 Å². The summed E-state index contributed by atoms with van der Waals surface area (Å²) in [6.45, 7) is 1.42. The van der Waals surface area contributed by atoms with Crippen LogP contribution in [-0.2, 0) is 6.18 Å². The van der Waals surface area contributed by atoms with Crippen molar-refractivity contribution in [3.63, 3.8) is 0 Å². The zero-order chi connectivity index (χ0) is 16.3. The number of hydrogen-bond acceptors (Lipinski definition) is 3. The third-order valence-corrected chi connectivity index (χ3v) is 2.72. The number of aryl methyl sites for hydroxylation is 1. The zero-order valence-electron chi connectivity index (χ0n) is 11.3. The molecule has 0 atom stereocenters. The van der Waals surface area contributed by atoms with Crippen molar-refractivity contribution >= 4 is 29.2 Å². The fraction of sp³-hybridized carbons (Fsp3) is 0.154. The second kappa shape index (κ2) is 6.18. The fourth-order valence-electron chi connectivity index (χ4n) is 1.56. The van der Waals surface area contributed by atoms with Crippen molar-refractivity contribution < 1.29 is 13.2 Å². The average Bonchev–Trinajstić information content (AvgIpc) is 2.39. The Balaban J connectivity index is 2.24. The number of nitrogens with one attached hydrogen (secondary N) is 1. The van der Waals surface area contributed by atoms with E-state index in [1.165, 1.54) is 6.92 Å². The number of alkyl halides is 3. The maximum Gasteiger partial charge on any atom is 0.433 e. The van der Waals surface area contributed by atoms with E-state index < -0.39 is 11.9 Å². The Bertz CT molecular complexity index is 698. The second-order valence-electron chi connectivity index (χ2n) is 4.32. The Morgan fingerprint density at radius 3 is 2.45 bits per heavy atom. The van der Waals surface area contributed by atoms with Crippen LogP contribution in [0.2, 0.25) is 5.02 Å². The molecule has 0 aliphatic rings. The molecule has 0 saturated heterocycles. The smallest absolute Gasteiger partial charge is 0.369 e. The van der Waals surface area contributed by atoms with Crippen molar-refractivity contribution in [1.82, 2.24) is 9.97 Å². The minimum absolute atomic E-state index is 0.138. The monoisotopic (exact) mass is 329 g/mol. The first-order chi connectivity index (χ1) is 10.2. The molecule has 0 fully saturated rings. The van der Waals surface area contributed by atoms with E-state index in [-0.39, 0.29) is 17.6 Å². The number of guanidine groups is 1. The van der Waals surface area contributed by atoms with Crippen LogP contribution < -0.4 is 11.1 Å². The van der Waals surface area contributed by atoms with Crippen LogP contribution in [0.1, 0.15) is 11.4 Å². The van der Waals surface area contributed by atoms with E-state index in [9.17, 15) is 13.2 Å². The van der Waals surface area contributed by atoms with Crippen molar-refractivity contribution in [3.05, 3.63) is 46.7 Å². The number of aliphatic imine (C=N–C) groups is 1. The number of nitrogens with two attached hydrogens (primary N) is 1. The van der Waals surface area contributed by atoms with Gasteiger partial charge in [0.25, 0.3) is 5.95 Å². The predicted octanol–water partition coefficient (Wildman–Crippen LogP) is 3.52. The molecule has 0 saturated carbocycles. The van der Waals surface area contributed by atoms with Crippen LogP contribution in [0.15, 0.2) is 35.3 Å². The summed E-state index contributed by atoms with van der Waals surface area (Å²) in [4.78, 5) is 10.9. The Morgan fingerprint density at radius 2 is 1.86 bits per heavy atom. The molecule has 1 aromatic carbocycles. The number of hydrogen-bond donors (Lipinski definition) is 2. The average molecular weight is 330 g/mol. The minimum Gasteiger partial charge on any atom is -0.369 e. The van der Waals surface area contributed by atoms with E-state index in [1.54, 1.807) is 24.3 Å². The van der Waals surface area contributed by atoms with Gasteiger partial charge in [-0.3, -0.25) is 0 Å². The van der Waals surface area contributed by atoms with Gasteiger partial charge in [0.05, 0.1) is 0 Å². The molecule has 1 aromatic heterocycles. The van der Waals surface area contributed by atoms with Crippen molar-refractivity contribution in [2.75, 3.05) is 5.32 Å². The standard InChI is InChI=1S/C13H11ClF3N5/c1-7-6-10(13(15,16)17)21-12(19-7)22-11(18)20-9-4-2-8(14)3-5-9/h2-6H,1H3,(H3,18,19,20,21,22). The number of nitrogens with zero attached hydrogens (tertiary/aromatic N) is 3. The van der Waals surface area contributed by atoms with Gasteiger partial charge in [-0.05, 0) is 37.3 Å². The van der Waals surface area contributed by atoms with Gasteiger partial charge in [0.1, 0.15) is 5.69 Å². The lowest BCUT2D eigenvalue weighted by molar-refractivity contribution is -0.141. The normalized spacial score (nSPS) is 12.3. The van der Waals surface area contributed by atoms with E-state index in [4.69, 9.17) is 17.3 Å². The molecule has 0 aliphatic heterocycles. The van der Waals surface area contributed by atoms with E-state index in [2.05, 4.69) is 20.3 Å². The zero-order valence-corrected chi connectivity index (χ0v) is 12.1. The molecule has 3 N–H and O–H groups in total. The lowest BCUT2D eigenvalue weighted by Gasteiger charge is -2.08. The fourth-order valence-corrected chi connectivity index (χ4v) is 1.69. The van der Waals surface area contributed by atoms with Crippen LogP contribution in [0, 0.1) is 6.92 Å². The molecule has 0 aliphatic carbocycles. The molecule has 2 aromatic rings. The van der Waals surface area contributed by atoms with Gasteiger partial charge < -0.3 is 11.1 Å². The first-order valence-electron chi connectivity index (χ1n) is 6.03. The molecule has 0 amide bonds. The Morgan fingerprint density at radius 1 is 1.23 bits per heavy atom. The van der Waals surface area contributed by atoms with E-state index in [0.717, 1.165) is 6.07 Å². The van der Waals surface area contributed by atoms with Gasteiger partial charge in [-0.25, -0.2) is 9.97 Å². The molecule has 5 nitrogen and oxygen atoms in total. The summed E-state index contributed by atoms with van der Waals surface area (Å²) >= 11 is 5.74. The second-order valence-corrected chi connectivity index (χ2v) is 4.76. The van der Waals surface area contributed by atoms with E-state index >= 15 is 0 Å². The molecule has 2 rings (SSSR count). The molecule has 0 bridgehead atoms. The summed E-state index contributed by atoms with van der Waals surface area (Å²) in [5.41, 5.74) is 5.28. The maximum atomic E-state index is 12.7. The highest BCUT2D eigenvalue weighted by atomic mass is 35.5. The molecule has 22 heavy (non-hydrogen) atoms. The Hall–Kier alpha value is -2.35. The quantitative estimate of drug-likeness (QED) is 0.653. The van der Waals surface area contributed by atoms with Crippen molar-refractivity contribution in [1.29, 1.82) is 0 Å². The summed E-state index contributed by atoms with van der Waals surface area (Å²) in [6, 6.07) is 7.37. The number of halogens is 4. The molecular weight excluding hydrogens is 319 g/mol. The SMILES string of the molecule is Cc1cc(C(F)(F)F)nc(/N=C(\N)Nc2ccc(Cl)cc2)n1. The third-order valence-electron chi connectivity index (χ3n) is 2.47. The van der Waals surface area contributed by atoms with Gasteiger partial charge in [0.15, 0.2) is 0 Å². The van der Waals surface area contributed by atoms with Crippen molar-refractivity contribution in [2.45, 2.75) is 13.1 Å². The first kappa shape index (κ1) is 16.0. The molecular formula is C13H11ClF3N5. The van der Waals surface area contributed by atoms with Gasteiger partial charge in [-0.2, -0.15) is 18.2 Å². The highest BCUT2D eigenvalue weighted by Crippen LogP contribution is 2.28. The summed E-state index contributed by atoms with van der Waals surface area (Å²) in [5, 5.41) is 3.24. The Kier molecular flexibility index (Phi) is 4.51. The highest BCUT2D eigenvalue weighted by molar-refractivity contribution is 6.30. The largest absolute Gasteiger partial charge is 0.433 e. The molecule has 0 unspecified atom stereocenters. The van der Waals surface area contributed by atoms with Gasteiger partial charge in [0, 0.05) is 16.4 Å². The van der Waals surface area contributed by atoms with Crippen LogP contribution in [-0.4, -0.2) is 15.9 Å². The lowest BCUT2D eigenvalue weighted by atomic mass is 10.3. The summed E-state index contributed by atoms with van der Waals surface area (Å²) in [5.74, 6) is -0.507. The van der Waals surface area contributed by atoms with Gasteiger partial charge in [-0.15, -0.1) is 0 Å². The van der Waals surface area contributed by atoms with Crippen LogP contribution in [0.4, 0.5) is 24.8 Å². The van der Waals surface area contributed by atoms with Gasteiger partial charge in [0.2, 0.25) is 5.96 Å². The molecule has 1 heterocycles. The molecule has 0 radical (unpaired) electrons. The highest BCUT2D eigenvalue weighted by Gasteiger charge is 2.33. The Labute approximate surface area is 129 Å².